The third-order valence-corrected chi connectivity index (χ3v) is 11.3. The number of fused-ring (bicyclic) bond motifs is 3. The fourth-order valence-corrected chi connectivity index (χ4v) is 9.22. The molecule has 0 spiro atoms. The molecule has 0 N–H and O–H groups in total. The van der Waals surface area contributed by atoms with Crippen molar-refractivity contribution in [3.63, 3.8) is 0 Å². The molecule has 182 valence electrons. The van der Waals surface area contributed by atoms with E-state index in [9.17, 15) is 8.42 Å². The van der Waals surface area contributed by atoms with Crippen LogP contribution < -0.4 is 0 Å². The summed E-state index contributed by atoms with van der Waals surface area (Å²) in [6, 6.07) is 17.1. The molecular weight excluding hydrogens is 440 g/mol. The number of sulfone groups is 1. The SMILES string of the molecule is Cc1ccc(S(=O)(=O)C2=C(c3ccccc3)O[C@@]3(C)CC[C@@H]4C(C)(C)CCC[C@@]4(C)[C@@H]3C2)cc1. The Kier molecular flexibility index (Phi) is 5.55. The van der Waals surface area contributed by atoms with E-state index in [1.165, 1.54) is 12.8 Å². The Morgan fingerprint density at radius 1 is 0.853 bits per heavy atom. The summed E-state index contributed by atoms with van der Waals surface area (Å²) in [4.78, 5) is 0.811. The molecule has 34 heavy (non-hydrogen) atoms. The first-order valence-electron chi connectivity index (χ1n) is 12.8. The molecule has 0 saturated heterocycles. The number of hydrogen-bond donors (Lipinski definition) is 0. The minimum atomic E-state index is -3.69. The summed E-state index contributed by atoms with van der Waals surface area (Å²) in [6.45, 7) is 11.5. The Hall–Kier alpha value is -2.07. The summed E-state index contributed by atoms with van der Waals surface area (Å²) in [6.07, 6.45) is 6.23. The molecule has 3 aliphatic rings. The van der Waals surface area contributed by atoms with Crippen LogP contribution in [-0.2, 0) is 14.6 Å². The maximum Gasteiger partial charge on any atom is 0.206 e. The molecule has 4 heteroatoms. The zero-order valence-corrected chi connectivity index (χ0v) is 22.0. The van der Waals surface area contributed by atoms with Gasteiger partial charge in [0, 0.05) is 11.5 Å². The number of hydrogen-bond acceptors (Lipinski definition) is 3. The molecule has 4 atom stereocenters. The van der Waals surface area contributed by atoms with E-state index in [4.69, 9.17) is 4.74 Å². The first kappa shape index (κ1) is 23.7. The van der Waals surface area contributed by atoms with Gasteiger partial charge in [0.05, 0.1) is 9.80 Å². The molecular formula is C30H38O3S. The standard InChI is InChI=1S/C30H38O3S/c1-21-12-14-23(15-13-21)34(31,32)24-20-26-29(4)18-9-17-28(2,3)25(29)16-19-30(26,5)33-27(24)22-10-7-6-8-11-22/h6-8,10-15,25-26H,9,16-20H2,1-5H3/t25-,26+,29-,30+/m1/s1. The van der Waals surface area contributed by atoms with Crippen molar-refractivity contribution >= 4 is 15.6 Å². The lowest BCUT2D eigenvalue weighted by molar-refractivity contribution is -0.169. The topological polar surface area (TPSA) is 43.4 Å². The van der Waals surface area contributed by atoms with Crippen molar-refractivity contribution in [2.24, 2.45) is 22.7 Å². The van der Waals surface area contributed by atoms with Crippen LogP contribution in [0.15, 0.2) is 64.4 Å². The molecule has 2 saturated carbocycles. The second-order valence-electron chi connectivity index (χ2n) is 12.0. The summed E-state index contributed by atoms with van der Waals surface area (Å²) in [5, 5.41) is 0. The first-order valence-corrected chi connectivity index (χ1v) is 14.3. The van der Waals surface area contributed by atoms with Gasteiger partial charge < -0.3 is 4.74 Å². The number of rotatable bonds is 3. The molecule has 1 aliphatic heterocycles. The van der Waals surface area contributed by atoms with Crippen molar-refractivity contribution in [2.45, 2.75) is 83.6 Å². The van der Waals surface area contributed by atoms with Gasteiger partial charge in [0.25, 0.3) is 0 Å². The van der Waals surface area contributed by atoms with E-state index in [0.717, 1.165) is 30.4 Å². The van der Waals surface area contributed by atoms with Crippen LogP contribution in [0.5, 0.6) is 0 Å². The van der Waals surface area contributed by atoms with Gasteiger partial charge in [0.15, 0.2) is 0 Å². The zero-order valence-electron chi connectivity index (χ0n) is 21.2. The smallest absolute Gasteiger partial charge is 0.206 e. The van der Waals surface area contributed by atoms with Crippen LogP contribution in [0.2, 0.25) is 0 Å². The average molecular weight is 479 g/mol. The fourth-order valence-electron chi connectivity index (χ4n) is 7.65. The van der Waals surface area contributed by atoms with Gasteiger partial charge >= 0.3 is 0 Å². The second-order valence-corrected chi connectivity index (χ2v) is 14.0. The lowest BCUT2D eigenvalue weighted by Crippen LogP contribution is -2.59. The molecule has 3 nitrogen and oxygen atoms in total. The molecule has 2 aromatic rings. The lowest BCUT2D eigenvalue weighted by Gasteiger charge is -2.63. The highest BCUT2D eigenvalue weighted by Crippen LogP contribution is 2.66. The van der Waals surface area contributed by atoms with Gasteiger partial charge in [-0.3, -0.25) is 0 Å². The van der Waals surface area contributed by atoms with Crippen molar-refractivity contribution in [1.82, 2.24) is 0 Å². The molecule has 0 aromatic heterocycles. The van der Waals surface area contributed by atoms with Gasteiger partial charge in [-0.1, -0.05) is 75.2 Å². The van der Waals surface area contributed by atoms with Crippen LogP contribution in [0.3, 0.4) is 0 Å². The molecule has 2 aromatic carbocycles. The summed E-state index contributed by atoms with van der Waals surface area (Å²) in [5.41, 5.74) is 1.87. The predicted octanol–water partition coefficient (Wildman–Crippen LogP) is 7.56. The average Bonchev–Trinajstić information content (AvgIpc) is 2.78. The third kappa shape index (κ3) is 3.64. The molecule has 2 fully saturated rings. The lowest BCUT2D eigenvalue weighted by atomic mass is 9.45. The van der Waals surface area contributed by atoms with Crippen LogP contribution in [0.25, 0.3) is 5.76 Å². The fraction of sp³-hybridized carbons (Fsp3) is 0.533. The zero-order chi connectivity index (χ0) is 24.4. The van der Waals surface area contributed by atoms with E-state index < -0.39 is 9.84 Å². The van der Waals surface area contributed by atoms with Crippen LogP contribution in [0.1, 0.15) is 77.3 Å². The molecule has 0 unspecified atom stereocenters. The van der Waals surface area contributed by atoms with Crippen molar-refractivity contribution in [2.75, 3.05) is 0 Å². The Bertz CT molecular complexity index is 1210. The summed E-state index contributed by atoms with van der Waals surface area (Å²) < 4.78 is 35.1. The maximum absolute atomic E-state index is 14.1. The Labute approximate surface area is 205 Å². The number of benzene rings is 2. The van der Waals surface area contributed by atoms with Crippen LogP contribution in [0, 0.1) is 29.6 Å². The molecule has 0 bridgehead atoms. The highest BCUT2D eigenvalue weighted by atomic mass is 32.2. The predicted molar refractivity (Wildman–Crippen MR) is 138 cm³/mol. The minimum absolute atomic E-state index is 0.0605. The van der Waals surface area contributed by atoms with Gasteiger partial charge in [0.2, 0.25) is 9.84 Å². The highest BCUT2D eigenvalue weighted by Gasteiger charge is 2.61. The monoisotopic (exact) mass is 478 g/mol. The van der Waals surface area contributed by atoms with Gasteiger partial charge in [-0.05, 0) is 74.8 Å². The Morgan fingerprint density at radius 2 is 1.53 bits per heavy atom. The van der Waals surface area contributed by atoms with Gasteiger partial charge in [0.1, 0.15) is 11.4 Å². The first-order chi connectivity index (χ1) is 16.0. The van der Waals surface area contributed by atoms with E-state index in [1.54, 1.807) is 12.1 Å². The molecule has 0 radical (unpaired) electrons. The third-order valence-electron chi connectivity index (χ3n) is 9.41. The highest BCUT2D eigenvalue weighted by molar-refractivity contribution is 7.95. The van der Waals surface area contributed by atoms with Gasteiger partial charge in [-0.2, -0.15) is 0 Å². The molecule has 2 aliphatic carbocycles. The van der Waals surface area contributed by atoms with E-state index in [1.807, 2.05) is 49.4 Å². The van der Waals surface area contributed by atoms with Gasteiger partial charge in [-0.25, -0.2) is 8.42 Å². The largest absolute Gasteiger partial charge is 0.486 e. The quantitative estimate of drug-likeness (QED) is 0.457. The van der Waals surface area contributed by atoms with E-state index in [-0.39, 0.29) is 22.3 Å². The Balaban J connectivity index is 1.68. The second kappa shape index (κ2) is 7.98. The van der Waals surface area contributed by atoms with Crippen molar-refractivity contribution in [3.8, 4) is 0 Å². The van der Waals surface area contributed by atoms with Crippen molar-refractivity contribution in [3.05, 3.63) is 70.6 Å². The van der Waals surface area contributed by atoms with Crippen LogP contribution >= 0.6 is 0 Å². The Morgan fingerprint density at radius 3 is 2.21 bits per heavy atom. The summed E-state index contributed by atoms with van der Waals surface area (Å²) in [7, 11) is -3.69. The number of aryl methyl sites for hydroxylation is 1. The minimum Gasteiger partial charge on any atom is -0.486 e. The van der Waals surface area contributed by atoms with Crippen LogP contribution in [-0.4, -0.2) is 14.0 Å². The molecule has 5 rings (SSSR count). The van der Waals surface area contributed by atoms with Crippen molar-refractivity contribution in [1.29, 1.82) is 0 Å². The van der Waals surface area contributed by atoms with E-state index >= 15 is 0 Å². The number of ether oxygens (including phenoxy) is 1. The molecule has 0 amide bonds. The number of allylic oxidation sites excluding steroid dienone is 1. The summed E-state index contributed by atoms with van der Waals surface area (Å²) >= 11 is 0. The molecule has 1 heterocycles. The van der Waals surface area contributed by atoms with Gasteiger partial charge in [-0.15, -0.1) is 0 Å². The van der Waals surface area contributed by atoms with Crippen LogP contribution in [0.4, 0.5) is 0 Å². The summed E-state index contributed by atoms with van der Waals surface area (Å²) in [5.74, 6) is 1.30. The van der Waals surface area contributed by atoms with E-state index in [0.29, 0.717) is 27.9 Å². The normalized spacial score (nSPS) is 33.0. The van der Waals surface area contributed by atoms with E-state index in [2.05, 4.69) is 27.7 Å². The van der Waals surface area contributed by atoms with Crippen molar-refractivity contribution < 1.29 is 13.2 Å². The maximum atomic E-state index is 14.1.